The summed E-state index contributed by atoms with van der Waals surface area (Å²) in [4.78, 5) is 2.30. The SMILES string of the molecule is CCC1CCC(N(C)c2nnc(Br)s2)CC1. The van der Waals surface area contributed by atoms with Crippen LogP contribution in [0.3, 0.4) is 0 Å². The molecule has 0 amide bonds. The van der Waals surface area contributed by atoms with E-state index in [0.717, 1.165) is 15.0 Å². The van der Waals surface area contributed by atoms with Crippen molar-refractivity contribution in [3.8, 4) is 0 Å². The molecule has 2 rings (SSSR count). The maximum absolute atomic E-state index is 4.18. The van der Waals surface area contributed by atoms with Crippen molar-refractivity contribution in [2.75, 3.05) is 11.9 Å². The van der Waals surface area contributed by atoms with E-state index in [9.17, 15) is 0 Å². The van der Waals surface area contributed by atoms with E-state index < -0.39 is 0 Å². The Balaban J connectivity index is 1.93. The van der Waals surface area contributed by atoms with E-state index in [1.165, 1.54) is 32.1 Å². The summed E-state index contributed by atoms with van der Waals surface area (Å²) in [7, 11) is 2.14. The molecule has 0 saturated heterocycles. The van der Waals surface area contributed by atoms with Crippen LogP contribution in [0.15, 0.2) is 3.92 Å². The van der Waals surface area contributed by atoms with Crippen molar-refractivity contribution < 1.29 is 0 Å². The first-order chi connectivity index (χ1) is 7.70. The van der Waals surface area contributed by atoms with Crippen LogP contribution in [0.2, 0.25) is 0 Å². The highest BCUT2D eigenvalue weighted by molar-refractivity contribution is 9.11. The molecule has 0 spiro atoms. The summed E-state index contributed by atoms with van der Waals surface area (Å²) >= 11 is 4.98. The maximum Gasteiger partial charge on any atom is 0.209 e. The molecule has 0 aromatic carbocycles. The van der Waals surface area contributed by atoms with E-state index >= 15 is 0 Å². The summed E-state index contributed by atoms with van der Waals surface area (Å²) in [6.07, 6.45) is 6.66. The van der Waals surface area contributed by atoms with Crippen LogP contribution < -0.4 is 4.90 Å². The lowest BCUT2D eigenvalue weighted by molar-refractivity contribution is 0.313. The van der Waals surface area contributed by atoms with Crippen LogP contribution in [0.25, 0.3) is 0 Å². The van der Waals surface area contributed by atoms with Gasteiger partial charge in [-0.15, -0.1) is 10.2 Å². The standard InChI is InChI=1S/C11H18BrN3S/c1-3-8-4-6-9(7-5-8)15(2)11-14-13-10(12)16-11/h8-9H,3-7H2,1-2H3. The van der Waals surface area contributed by atoms with Crippen LogP contribution >= 0.6 is 27.3 Å². The molecule has 0 aliphatic heterocycles. The van der Waals surface area contributed by atoms with Crippen LogP contribution in [0.1, 0.15) is 39.0 Å². The van der Waals surface area contributed by atoms with Crippen molar-refractivity contribution in [3.63, 3.8) is 0 Å². The largest absolute Gasteiger partial charge is 0.347 e. The molecule has 1 fully saturated rings. The van der Waals surface area contributed by atoms with Gasteiger partial charge in [-0.1, -0.05) is 24.7 Å². The van der Waals surface area contributed by atoms with Gasteiger partial charge in [0, 0.05) is 13.1 Å². The fourth-order valence-corrected chi connectivity index (χ4v) is 3.56. The van der Waals surface area contributed by atoms with E-state index in [4.69, 9.17) is 0 Å². The molecule has 1 heterocycles. The number of hydrogen-bond acceptors (Lipinski definition) is 4. The van der Waals surface area contributed by atoms with Gasteiger partial charge in [-0.05, 0) is 47.5 Å². The molecule has 0 radical (unpaired) electrons. The summed E-state index contributed by atoms with van der Waals surface area (Å²) in [5.74, 6) is 0.950. The second-order valence-electron chi connectivity index (χ2n) is 4.53. The minimum absolute atomic E-state index is 0.655. The number of rotatable bonds is 3. The first-order valence-corrected chi connectivity index (χ1v) is 7.53. The van der Waals surface area contributed by atoms with Gasteiger partial charge in [-0.3, -0.25) is 0 Å². The molecule has 0 N–H and O–H groups in total. The molecule has 0 bridgehead atoms. The third-order valence-electron chi connectivity index (χ3n) is 3.63. The Kier molecular flexibility index (Phi) is 4.19. The summed E-state index contributed by atoms with van der Waals surface area (Å²) in [5.41, 5.74) is 0. The smallest absolute Gasteiger partial charge is 0.209 e. The van der Waals surface area contributed by atoms with Crippen molar-refractivity contribution in [1.29, 1.82) is 0 Å². The molecule has 3 nitrogen and oxygen atoms in total. The van der Waals surface area contributed by atoms with Crippen molar-refractivity contribution >= 4 is 32.4 Å². The summed E-state index contributed by atoms with van der Waals surface area (Å²) < 4.78 is 0.872. The minimum atomic E-state index is 0.655. The molecule has 1 aromatic rings. The molecule has 90 valence electrons. The van der Waals surface area contributed by atoms with Crippen LogP contribution in [-0.2, 0) is 0 Å². The Hall–Kier alpha value is -0.160. The van der Waals surface area contributed by atoms with E-state index in [1.54, 1.807) is 11.3 Å². The lowest BCUT2D eigenvalue weighted by Crippen LogP contribution is -2.35. The molecule has 5 heteroatoms. The zero-order chi connectivity index (χ0) is 11.5. The van der Waals surface area contributed by atoms with Gasteiger partial charge in [0.05, 0.1) is 0 Å². The van der Waals surface area contributed by atoms with Gasteiger partial charge < -0.3 is 4.90 Å². The van der Waals surface area contributed by atoms with Crippen LogP contribution in [-0.4, -0.2) is 23.3 Å². The fourth-order valence-electron chi connectivity index (χ4n) is 2.44. The average Bonchev–Trinajstić information content (AvgIpc) is 2.75. The Labute approximate surface area is 109 Å². The minimum Gasteiger partial charge on any atom is -0.347 e. The summed E-state index contributed by atoms with van der Waals surface area (Å²) in [6, 6.07) is 0.655. The van der Waals surface area contributed by atoms with E-state index in [2.05, 4.69) is 45.0 Å². The maximum atomic E-state index is 4.18. The number of aromatic nitrogens is 2. The molecular formula is C11H18BrN3S. The fraction of sp³-hybridized carbons (Fsp3) is 0.818. The normalized spacial score (nSPS) is 25.7. The number of nitrogens with zero attached hydrogens (tertiary/aromatic N) is 3. The van der Waals surface area contributed by atoms with Gasteiger partial charge in [0.15, 0.2) is 3.92 Å². The molecule has 1 aromatic heterocycles. The van der Waals surface area contributed by atoms with Crippen molar-refractivity contribution in [1.82, 2.24) is 10.2 Å². The van der Waals surface area contributed by atoms with Gasteiger partial charge in [0.2, 0.25) is 5.13 Å². The third-order valence-corrected chi connectivity index (χ3v) is 5.08. The summed E-state index contributed by atoms with van der Waals surface area (Å²) in [5, 5.41) is 9.22. The zero-order valence-corrected chi connectivity index (χ0v) is 12.2. The van der Waals surface area contributed by atoms with Crippen molar-refractivity contribution in [3.05, 3.63) is 3.92 Å². The van der Waals surface area contributed by atoms with Crippen LogP contribution in [0.5, 0.6) is 0 Å². The predicted octanol–water partition coefficient (Wildman–Crippen LogP) is 3.71. The van der Waals surface area contributed by atoms with E-state index in [1.807, 2.05) is 0 Å². The molecule has 1 saturated carbocycles. The molecular weight excluding hydrogens is 286 g/mol. The van der Waals surface area contributed by atoms with Gasteiger partial charge in [-0.2, -0.15) is 0 Å². The van der Waals surface area contributed by atoms with Gasteiger partial charge in [-0.25, -0.2) is 0 Å². The highest BCUT2D eigenvalue weighted by Gasteiger charge is 2.24. The van der Waals surface area contributed by atoms with Gasteiger partial charge in [0.1, 0.15) is 0 Å². The lowest BCUT2D eigenvalue weighted by Gasteiger charge is -2.33. The predicted molar refractivity (Wildman–Crippen MR) is 72.0 cm³/mol. The molecule has 1 aliphatic rings. The average molecular weight is 304 g/mol. The zero-order valence-electron chi connectivity index (χ0n) is 9.82. The first kappa shape index (κ1) is 12.3. The quantitative estimate of drug-likeness (QED) is 0.852. The number of anilines is 1. The highest BCUT2D eigenvalue weighted by atomic mass is 79.9. The highest BCUT2D eigenvalue weighted by Crippen LogP contribution is 2.32. The van der Waals surface area contributed by atoms with E-state index in [0.29, 0.717) is 6.04 Å². The Morgan fingerprint density at radius 2 is 2.00 bits per heavy atom. The van der Waals surface area contributed by atoms with Crippen LogP contribution in [0.4, 0.5) is 5.13 Å². The molecule has 0 unspecified atom stereocenters. The lowest BCUT2D eigenvalue weighted by atomic mass is 9.84. The van der Waals surface area contributed by atoms with Crippen LogP contribution in [0, 0.1) is 5.92 Å². The number of halogens is 1. The molecule has 16 heavy (non-hydrogen) atoms. The third kappa shape index (κ3) is 2.74. The van der Waals surface area contributed by atoms with E-state index in [-0.39, 0.29) is 0 Å². The molecule has 0 atom stereocenters. The second-order valence-corrected chi connectivity index (χ2v) is 6.76. The monoisotopic (exact) mass is 303 g/mol. The summed E-state index contributed by atoms with van der Waals surface area (Å²) in [6.45, 7) is 2.30. The van der Waals surface area contributed by atoms with Crippen molar-refractivity contribution in [2.45, 2.75) is 45.1 Å². The topological polar surface area (TPSA) is 29.0 Å². The molecule has 1 aliphatic carbocycles. The van der Waals surface area contributed by atoms with Crippen molar-refractivity contribution in [2.24, 2.45) is 5.92 Å². The Bertz CT molecular complexity index is 334. The second kappa shape index (κ2) is 5.45. The Morgan fingerprint density at radius 3 is 2.50 bits per heavy atom. The first-order valence-electron chi connectivity index (χ1n) is 5.92. The van der Waals surface area contributed by atoms with Gasteiger partial charge in [0.25, 0.3) is 0 Å². The van der Waals surface area contributed by atoms with Gasteiger partial charge >= 0.3 is 0 Å². The number of hydrogen-bond donors (Lipinski definition) is 0. The Morgan fingerprint density at radius 1 is 1.31 bits per heavy atom.